The van der Waals surface area contributed by atoms with E-state index in [1.54, 1.807) is 25.7 Å². The van der Waals surface area contributed by atoms with Crippen LogP contribution in [-0.2, 0) is 19.8 Å². The lowest BCUT2D eigenvalue weighted by atomic mass is 10.2. The number of carbonyl (C=O) groups excluding carboxylic acids is 2. The highest BCUT2D eigenvalue weighted by molar-refractivity contribution is 7.87. The maximum absolute atomic E-state index is 13.1. The summed E-state index contributed by atoms with van der Waals surface area (Å²) < 4.78 is 40.3. The molecule has 7 nitrogen and oxygen atoms in total. The van der Waals surface area contributed by atoms with Crippen molar-refractivity contribution < 1.29 is 26.6 Å². The first kappa shape index (κ1) is 16.5. The van der Waals surface area contributed by atoms with Gasteiger partial charge in [-0.3, -0.25) is 4.79 Å². The molecule has 1 aliphatic carbocycles. The first-order valence-electron chi connectivity index (χ1n) is 7.68. The normalized spacial score (nSPS) is 33.8. The lowest BCUT2D eigenvalue weighted by Gasteiger charge is -2.27. The Bertz CT molecular complexity index is 632. The molecule has 2 saturated heterocycles. The fourth-order valence-corrected chi connectivity index (χ4v) is 4.29. The van der Waals surface area contributed by atoms with Crippen LogP contribution in [0.2, 0.25) is 0 Å². The van der Waals surface area contributed by atoms with Gasteiger partial charge < -0.3 is 14.5 Å². The molecule has 2 heterocycles. The molecule has 130 valence electrons. The Labute approximate surface area is 135 Å². The van der Waals surface area contributed by atoms with Crippen LogP contribution in [0, 0.1) is 11.8 Å². The molecule has 9 heteroatoms. The molecule has 2 unspecified atom stereocenters. The van der Waals surface area contributed by atoms with Crippen LogP contribution in [0.4, 0.5) is 8.68 Å². The lowest BCUT2D eigenvalue weighted by Crippen LogP contribution is -2.41. The van der Waals surface area contributed by atoms with Crippen LogP contribution in [0.5, 0.6) is 0 Å². The van der Waals surface area contributed by atoms with Crippen molar-refractivity contribution in [1.29, 1.82) is 0 Å². The van der Waals surface area contributed by atoms with Crippen molar-refractivity contribution in [2.75, 3.05) is 19.6 Å². The van der Waals surface area contributed by atoms with Crippen molar-refractivity contribution in [3.63, 3.8) is 0 Å². The molecule has 3 rings (SSSR count). The number of piperidine rings is 1. The molecular weight excluding hydrogens is 327 g/mol. The average Bonchev–Trinajstić information content (AvgIpc) is 2.74. The third kappa shape index (κ3) is 3.15. The summed E-state index contributed by atoms with van der Waals surface area (Å²) in [4.78, 5) is 27.0. The number of rotatable bonds is 2. The highest BCUT2D eigenvalue weighted by Gasteiger charge is 2.62. The quantitative estimate of drug-likeness (QED) is 0.688. The smallest absolute Gasteiger partial charge is 0.410 e. The zero-order chi connectivity index (χ0) is 17.2. The van der Waals surface area contributed by atoms with Gasteiger partial charge in [-0.05, 0) is 20.8 Å². The van der Waals surface area contributed by atoms with Gasteiger partial charge in [0.15, 0.2) is 0 Å². The Hall–Kier alpha value is -1.38. The van der Waals surface area contributed by atoms with Gasteiger partial charge in [-0.2, -0.15) is 8.42 Å². The Morgan fingerprint density at radius 1 is 1.22 bits per heavy atom. The van der Waals surface area contributed by atoms with Crippen molar-refractivity contribution in [2.45, 2.75) is 44.1 Å². The van der Waals surface area contributed by atoms with Crippen molar-refractivity contribution in [1.82, 2.24) is 9.80 Å². The summed E-state index contributed by atoms with van der Waals surface area (Å²) in [5, 5.41) is -1.25. The van der Waals surface area contributed by atoms with Crippen LogP contribution < -0.4 is 0 Å². The number of hydrogen-bond donors (Lipinski definition) is 0. The number of nitrogens with zero attached hydrogens (tertiary/aromatic N) is 2. The van der Waals surface area contributed by atoms with Crippen LogP contribution >= 0.6 is 0 Å². The minimum absolute atomic E-state index is 0.0760. The molecule has 0 aromatic heterocycles. The van der Waals surface area contributed by atoms with E-state index in [2.05, 4.69) is 0 Å². The van der Waals surface area contributed by atoms with Crippen molar-refractivity contribution in [3.05, 3.63) is 0 Å². The second kappa shape index (κ2) is 5.06. The predicted molar refractivity (Wildman–Crippen MR) is 78.7 cm³/mol. The van der Waals surface area contributed by atoms with Crippen molar-refractivity contribution >= 4 is 22.2 Å². The van der Waals surface area contributed by atoms with Crippen molar-refractivity contribution in [2.24, 2.45) is 11.8 Å². The molecular formula is C14H21FN2O5S. The van der Waals surface area contributed by atoms with Gasteiger partial charge in [-0.1, -0.05) is 0 Å². The highest BCUT2D eigenvalue weighted by atomic mass is 32.3. The fourth-order valence-electron chi connectivity index (χ4n) is 3.61. The topological polar surface area (TPSA) is 84.0 Å². The van der Waals surface area contributed by atoms with E-state index in [0.717, 1.165) is 0 Å². The highest BCUT2D eigenvalue weighted by Crippen LogP contribution is 2.50. The van der Waals surface area contributed by atoms with E-state index in [9.17, 15) is 21.9 Å². The van der Waals surface area contributed by atoms with E-state index < -0.39 is 21.1 Å². The van der Waals surface area contributed by atoms with Crippen LogP contribution in [0.25, 0.3) is 0 Å². The maximum atomic E-state index is 13.1. The van der Waals surface area contributed by atoms with Gasteiger partial charge in [0.05, 0.1) is 0 Å². The molecule has 0 spiro atoms. The Morgan fingerprint density at radius 2 is 1.78 bits per heavy atom. The van der Waals surface area contributed by atoms with Gasteiger partial charge in [0, 0.05) is 43.9 Å². The molecule has 0 N–H and O–H groups in total. The van der Waals surface area contributed by atoms with Gasteiger partial charge >= 0.3 is 16.3 Å². The first-order valence-corrected chi connectivity index (χ1v) is 9.13. The second-order valence-electron chi connectivity index (χ2n) is 7.55. The van der Waals surface area contributed by atoms with Gasteiger partial charge in [0.25, 0.3) is 0 Å². The Kier molecular flexibility index (Phi) is 3.62. The molecule has 3 aliphatic rings. The van der Waals surface area contributed by atoms with Gasteiger partial charge in [0.1, 0.15) is 10.9 Å². The number of ether oxygens (including phenoxy) is 1. The molecule has 2 aliphatic heterocycles. The average molecular weight is 348 g/mol. The molecule has 0 aromatic rings. The first-order chi connectivity index (χ1) is 10.5. The molecule has 0 bridgehead atoms. The molecule has 3 fully saturated rings. The molecule has 0 radical (unpaired) electrons. The number of amides is 2. The maximum Gasteiger partial charge on any atom is 0.410 e. The molecule has 1 saturated carbocycles. The number of fused-ring (bicyclic) bond motifs is 1. The summed E-state index contributed by atoms with van der Waals surface area (Å²) in [5.41, 5.74) is -0.559. The summed E-state index contributed by atoms with van der Waals surface area (Å²) in [5.74, 6) is -0.0560. The minimum Gasteiger partial charge on any atom is -0.444 e. The monoisotopic (exact) mass is 348 g/mol. The largest absolute Gasteiger partial charge is 0.444 e. The SMILES string of the molecule is CC(C)(C)OC(=O)N1C[C@@H]2C(N3CC(S(=O)(=O)F)CC3=O)[C@@H]2C1. The number of halogens is 1. The minimum atomic E-state index is -4.69. The van der Waals surface area contributed by atoms with Crippen LogP contribution in [-0.4, -0.2) is 66.7 Å². The summed E-state index contributed by atoms with van der Waals surface area (Å²) in [7, 11) is -4.69. The third-order valence-electron chi connectivity index (χ3n) is 4.68. The fraction of sp³-hybridized carbons (Fsp3) is 0.857. The molecule has 2 amide bonds. The predicted octanol–water partition coefficient (Wildman–Crippen LogP) is 0.752. The number of likely N-dealkylation sites (tertiary alicyclic amines) is 2. The lowest BCUT2D eigenvalue weighted by molar-refractivity contribution is -0.128. The molecule has 0 aromatic carbocycles. The van der Waals surface area contributed by atoms with Crippen LogP contribution in [0.3, 0.4) is 0 Å². The summed E-state index contributed by atoms with van der Waals surface area (Å²) in [6.07, 6.45) is -0.662. The number of carbonyl (C=O) groups is 2. The Morgan fingerprint density at radius 3 is 2.22 bits per heavy atom. The standard InChI is InChI=1S/C14H21FN2O5S/c1-14(2,3)22-13(19)16-6-9-10(7-16)12(9)17-5-8(4-11(17)18)23(15,20)21/h8-10,12H,4-7H2,1-3H3/t8?,9-,10+,12?. The number of hydrogen-bond acceptors (Lipinski definition) is 5. The third-order valence-corrected chi connectivity index (χ3v) is 5.79. The van der Waals surface area contributed by atoms with E-state index in [-0.39, 0.29) is 42.8 Å². The van der Waals surface area contributed by atoms with E-state index in [4.69, 9.17) is 4.74 Å². The second-order valence-corrected chi connectivity index (χ2v) is 9.17. The molecule has 23 heavy (non-hydrogen) atoms. The van der Waals surface area contributed by atoms with E-state index in [1.807, 2.05) is 0 Å². The van der Waals surface area contributed by atoms with E-state index in [1.165, 1.54) is 4.90 Å². The zero-order valence-corrected chi connectivity index (χ0v) is 14.2. The summed E-state index contributed by atoms with van der Waals surface area (Å²) >= 11 is 0. The molecule has 4 atom stereocenters. The Balaban J connectivity index is 1.57. The van der Waals surface area contributed by atoms with Crippen LogP contribution in [0.15, 0.2) is 0 Å². The van der Waals surface area contributed by atoms with Crippen LogP contribution in [0.1, 0.15) is 27.2 Å². The van der Waals surface area contributed by atoms with Gasteiger partial charge in [-0.15, -0.1) is 3.89 Å². The zero-order valence-electron chi connectivity index (χ0n) is 13.4. The summed E-state index contributed by atoms with van der Waals surface area (Å²) in [6, 6.07) is -0.0760. The summed E-state index contributed by atoms with van der Waals surface area (Å²) in [6.45, 7) is 6.28. The van der Waals surface area contributed by atoms with Crippen molar-refractivity contribution in [3.8, 4) is 0 Å². The van der Waals surface area contributed by atoms with E-state index in [0.29, 0.717) is 13.1 Å². The van der Waals surface area contributed by atoms with Gasteiger partial charge in [0.2, 0.25) is 5.91 Å². The van der Waals surface area contributed by atoms with Gasteiger partial charge in [-0.25, -0.2) is 4.79 Å². The van der Waals surface area contributed by atoms with E-state index >= 15 is 0 Å².